The minimum absolute atomic E-state index is 0.149. The molecular formula is C13H24N2S2. The van der Waals surface area contributed by atoms with Crippen LogP contribution in [0.2, 0.25) is 0 Å². The molecule has 4 heteroatoms. The van der Waals surface area contributed by atoms with Crippen molar-refractivity contribution in [3.05, 3.63) is 15.6 Å². The molecule has 0 radical (unpaired) electrons. The van der Waals surface area contributed by atoms with Crippen LogP contribution in [0, 0.1) is 0 Å². The van der Waals surface area contributed by atoms with Crippen LogP contribution < -0.4 is 5.32 Å². The van der Waals surface area contributed by atoms with Crippen LogP contribution in [0.15, 0.2) is 0 Å². The minimum Gasteiger partial charge on any atom is -0.315 e. The molecule has 0 aliphatic heterocycles. The van der Waals surface area contributed by atoms with E-state index < -0.39 is 0 Å². The van der Waals surface area contributed by atoms with Crippen LogP contribution in [0.4, 0.5) is 0 Å². The van der Waals surface area contributed by atoms with Gasteiger partial charge in [0.15, 0.2) is 0 Å². The average molecular weight is 272 g/mol. The number of rotatable bonds is 6. The molecule has 17 heavy (non-hydrogen) atoms. The highest BCUT2D eigenvalue weighted by molar-refractivity contribution is 7.98. The number of thiazole rings is 1. The first-order valence-corrected chi connectivity index (χ1v) is 8.17. The average Bonchev–Trinajstić information content (AvgIpc) is 2.62. The SMILES string of the molecule is CCCSCc1nc(C(C)(C)C)c(CNC)s1. The zero-order valence-corrected chi connectivity index (χ0v) is 13.2. The lowest BCUT2D eigenvalue weighted by Crippen LogP contribution is -2.16. The van der Waals surface area contributed by atoms with E-state index in [2.05, 4.69) is 33.0 Å². The van der Waals surface area contributed by atoms with Crippen molar-refractivity contribution in [3.63, 3.8) is 0 Å². The zero-order valence-electron chi connectivity index (χ0n) is 11.6. The van der Waals surface area contributed by atoms with Crippen molar-refractivity contribution >= 4 is 23.1 Å². The second kappa shape index (κ2) is 6.76. The van der Waals surface area contributed by atoms with Crippen LogP contribution in [0.5, 0.6) is 0 Å². The van der Waals surface area contributed by atoms with Gasteiger partial charge in [-0.15, -0.1) is 11.3 Å². The molecule has 0 unspecified atom stereocenters. The quantitative estimate of drug-likeness (QED) is 0.797. The number of nitrogens with zero attached hydrogens (tertiary/aromatic N) is 1. The molecule has 0 saturated carbocycles. The second-order valence-corrected chi connectivity index (χ2v) is 7.49. The van der Waals surface area contributed by atoms with E-state index in [-0.39, 0.29) is 5.41 Å². The molecule has 1 aromatic heterocycles. The Bertz CT molecular complexity index is 340. The monoisotopic (exact) mass is 272 g/mol. The topological polar surface area (TPSA) is 24.9 Å². The highest BCUT2D eigenvalue weighted by atomic mass is 32.2. The molecular weight excluding hydrogens is 248 g/mol. The number of thioether (sulfide) groups is 1. The van der Waals surface area contributed by atoms with E-state index in [0.29, 0.717) is 0 Å². The van der Waals surface area contributed by atoms with E-state index in [1.807, 2.05) is 30.1 Å². The van der Waals surface area contributed by atoms with E-state index >= 15 is 0 Å². The van der Waals surface area contributed by atoms with Gasteiger partial charge >= 0.3 is 0 Å². The first-order chi connectivity index (χ1) is 7.99. The first kappa shape index (κ1) is 15.0. The lowest BCUT2D eigenvalue weighted by atomic mass is 9.91. The molecule has 0 aliphatic rings. The summed E-state index contributed by atoms with van der Waals surface area (Å²) in [6.07, 6.45) is 1.24. The Morgan fingerprint density at radius 2 is 2.06 bits per heavy atom. The summed E-state index contributed by atoms with van der Waals surface area (Å²) in [5, 5.41) is 4.52. The Morgan fingerprint density at radius 3 is 2.59 bits per heavy atom. The van der Waals surface area contributed by atoms with E-state index in [1.165, 1.54) is 27.8 Å². The summed E-state index contributed by atoms with van der Waals surface area (Å²) >= 11 is 3.85. The van der Waals surface area contributed by atoms with Gasteiger partial charge in [-0.2, -0.15) is 11.8 Å². The number of hydrogen-bond donors (Lipinski definition) is 1. The van der Waals surface area contributed by atoms with Crippen molar-refractivity contribution in [2.24, 2.45) is 0 Å². The Labute approximate surface area is 114 Å². The van der Waals surface area contributed by atoms with E-state index in [0.717, 1.165) is 12.3 Å². The lowest BCUT2D eigenvalue weighted by Gasteiger charge is -2.17. The molecule has 0 aromatic carbocycles. The van der Waals surface area contributed by atoms with Crippen LogP contribution in [0.25, 0.3) is 0 Å². The van der Waals surface area contributed by atoms with Crippen LogP contribution in [-0.4, -0.2) is 17.8 Å². The maximum Gasteiger partial charge on any atom is 0.103 e. The van der Waals surface area contributed by atoms with Gasteiger partial charge in [-0.25, -0.2) is 4.98 Å². The Hall–Kier alpha value is -0.0600. The summed E-state index contributed by atoms with van der Waals surface area (Å²) in [5.74, 6) is 2.29. The van der Waals surface area contributed by atoms with E-state index in [4.69, 9.17) is 4.98 Å². The van der Waals surface area contributed by atoms with Crippen molar-refractivity contribution in [2.75, 3.05) is 12.8 Å². The summed E-state index contributed by atoms with van der Waals surface area (Å²) < 4.78 is 0. The van der Waals surface area contributed by atoms with Gasteiger partial charge in [-0.3, -0.25) is 0 Å². The Kier molecular flexibility index (Phi) is 5.97. The van der Waals surface area contributed by atoms with Gasteiger partial charge in [-0.05, 0) is 19.2 Å². The maximum absolute atomic E-state index is 4.83. The van der Waals surface area contributed by atoms with Crippen molar-refractivity contribution < 1.29 is 0 Å². The van der Waals surface area contributed by atoms with E-state index in [1.54, 1.807) is 0 Å². The molecule has 1 heterocycles. The third-order valence-electron chi connectivity index (χ3n) is 2.36. The van der Waals surface area contributed by atoms with Crippen LogP contribution in [0.3, 0.4) is 0 Å². The normalized spacial score (nSPS) is 12.1. The third kappa shape index (κ3) is 4.60. The van der Waals surface area contributed by atoms with E-state index in [9.17, 15) is 0 Å². The van der Waals surface area contributed by atoms with Crippen LogP contribution in [0.1, 0.15) is 49.7 Å². The summed E-state index contributed by atoms with van der Waals surface area (Å²) in [6, 6.07) is 0. The molecule has 2 nitrogen and oxygen atoms in total. The molecule has 0 aliphatic carbocycles. The molecule has 0 saturated heterocycles. The molecule has 0 spiro atoms. The zero-order chi connectivity index (χ0) is 12.9. The molecule has 98 valence electrons. The van der Waals surface area contributed by atoms with Gasteiger partial charge in [0.2, 0.25) is 0 Å². The smallest absolute Gasteiger partial charge is 0.103 e. The van der Waals surface area contributed by atoms with Crippen molar-refractivity contribution in [3.8, 4) is 0 Å². The van der Waals surface area contributed by atoms with Gasteiger partial charge in [0, 0.05) is 22.6 Å². The molecule has 0 bridgehead atoms. The van der Waals surface area contributed by atoms with Gasteiger partial charge < -0.3 is 5.32 Å². The molecule has 0 atom stereocenters. The van der Waals surface area contributed by atoms with Crippen LogP contribution in [-0.2, 0) is 17.7 Å². The van der Waals surface area contributed by atoms with Gasteiger partial charge in [-0.1, -0.05) is 27.7 Å². The fraction of sp³-hybridized carbons (Fsp3) is 0.769. The van der Waals surface area contributed by atoms with Crippen molar-refractivity contribution in [1.82, 2.24) is 10.3 Å². The highest BCUT2D eigenvalue weighted by Gasteiger charge is 2.22. The summed E-state index contributed by atoms with van der Waals surface area (Å²) in [5.41, 5.74) is 1.42. The Morgan fingerprint density at radius 1 is 1.35 bits per heavy atom. The predicted molar refractivity (Wildman–Crippen MR) is 80.0 cm³/mol. The molecule has 1 N–H and O–H groups in total. The third-order valence-corrected chi connectivity index (χ3v) is 4.78. The number of aromatic nitrogens is 1. The fourth-order valence-electron chi connectivity index (χ4n) is 1.63. The molecule has 0 fully saturated rings. The summed E-state index contributed by atoms with van der Waals surface area (Å²) in [4.78, 5) is 6.23. The predicted octanol–water partition coefficient (Wildman–Crippen LogP) is 3.80. The van der Waals surface area contributed by atoms with Crippen molar-refractivity contribution in [1.29, 1.82) is 0 Å². The Balaban J connectivity index is 2.80. The molecule has 0 amide bonds. The minimum atomic E-state index is 0.149. The fourth-order valence-corrected chi connectivity index (χ4v) is 3.88. The largest absolute Gasteiger partial charge is 0.315 e. The number of hydrogen-bond acceptors (Lipinski definition) is 4. The summed E-state index contributed by atoms with van der Waals surface area (Å²) in [7, 11) is 2.00. The lowest BCUT2D eigenvalue weighted by molar-refractivity contribution is 0.562. The van der Waals surface area contributed by atoms with Crippen LogP contribution >= 0.6 is 23.1 Å². The standard InChI is InChI=1S/C13H24N2S2/c1-6-7-16-9-11-15-12(13(2,3)4)10(17-11)8-14-5/h14H,6-9H2,1-5H3. The van der Waals surface area contributed by atoms with Gasteiger partial charge in [0.05, 0.1) is 5.69 Å². The second-order valence-electron chi connectivity index (χ2n) is 5.21. The van der Waals surface area contributed by atoms with Gasteiger partial charge in [0.1, 0.15) is 5.01 Å². The van der Waals surface area contributed by atoms with Gasteiger partial charge in [0.25, 0.3) is 0 Å². The summed E-state index contributed by atoms with van der Waals surface area (Å²) in [6.45, 7) is 9.88. The first-order valence-electron chi connectivity index (χ1n) is 6.20. The van der Waals surface area contributed by atoms with Crippen molar-refractivity contribution in [2.45, 2.75) is 51.8 Å². The molecule has 1 rings (SSSR count). The highest BCUT2D eigenvalue weighted by Crippen LogP contribution is 2.31. The molecule has 1 aromatic rings. The maximum atomic E-state index is 4.83. The number of nitrogens with one attached hydrogen (secondary N) is 1.